The van der Waals surface area contributed by atoms with E-state index in [0.717, 1.165) is 24.3 Å². The molecular formula is C17H23N3. The Bertz CT molecular complexity index is 613. The molecule has 0 atom stereocenters. The van der Waals surface area contributed by atoms with Gasteiger partial charge in [-0.3, -0.25) is 4.98 Å². The number of nitrogen functional groups attached to an aromatic ring is 1. The van der Waals surface area contributed by atoms with Gasteiger partial charge in [-0.15, -0.1) is 0 Å². The van der Waals surface area contributed by atoms with Gasteiger partial charge in [-0.25, -0.2) is 0 Å². The second-order valence-electron chi connectivity index (χ2n) is 6.26. The van der Waals surface area contributed by atoms with Crippen LogP contribution in [-0.2, 0) is 0 Å². The lowest BCUT2D eigenvalue weighted by molar-refractivity contribution is 0.238. The van der Waals surface area contributed by atoms with Crippen LogP contribution < -0.4 is 10.6 Å². The molecule has 1 aliphatic rings. The lowest BCUT2D eigenvalue weighted by Crippen LogP contribution is -2.38. The molecule has 0 amide bonds. The summed E-state index contributed by atoms with van der Waals surface area (Å²) in [4.78, 5) is 6.93. The zero-order valence-electron chi connectivity index (χ0n) is 12.4. The van der Waals surface area contributed by atoms with Crippen molar-refractivity contribution in [1.82, 2.24) is 4.98 Å². The molecule has 20 heavy (non-hydrogen) atoms. The van der Waals surface area contributed by atoms with Crippen LogP contribution in [0.1, 0.15) is 33.1 Å². The summed E-state index contributed by atoms with van der Waals surface area (Å²) in [6, 6.07) is 8.15. The van der Waals surface area contributed by atoms with Gasteiger partial charge in [-0.2, -0.15) is 0 Å². The third kappa shape index (κ3) is 2.33. The zero-order chi connectivity index (χ0) is 14.2. The van der Waals surface area contributed by atoms with Gasteiger partial charge in [0.15, 0.2) is 0 Å². The number of rotatable bonds is 2. The van der Waals surface area contributed by atoms with Crippen molar-refractivity contribution in [1.29, 1.82) is 0 Å². The summed E-state index contributed by atoms with van der Waals surface area (Å²) in [6.45, 7) is 6.98. The van der Waals surface area contributed by atoms with Gasteiger partial charge in [-0.05, 0) is 42.5 Å². The number of hydrogen-bond acceptors (Lipinski definition) is 3. The number of fused-ring (bicyclic) bond motifs is 1. The SMILES string of the molecule is CCC1(C)CCN(c2ccnc3cc(N)ccc23)CC1. The number of benzene rings is 1. The van der Waals surface area contributed by atoms with Gasteiger partial charge in [0.25, 0.3) is 0 Å². The number of anilines is 2. The van der Waals surface area contributed by atoms with E-state index in [1.807, 2.05) is 18.3 Å². The van der Waals surface area contributed by atoms with Crippen molar-refractivity contribution < 1.29 is 0 Å². The van der Waals surface area contributed by atoms with Crippen molar-refractivity contribution in [3.63, 3.8) is 0 Å². The van der Waals surface area contributed by atoms with Crippen LogP contribution in [0.5, 0.6) is 0 Å². The summed E-state index contributed by atoms with van der Waals surface area (Å²) in [5.41, 5.74) is 9.44. The Kier molecular flexibility index (Phi) is 3.28. The average molecular weight is 269 g/mol. The molecule has 2 N–H and O–H groups in total. The van der Waals surface area contributed by atoms with Crippen LogP contribution in [0.15, 0.2) is 30.5 Å². The molecule has 2 aromatic rings. The Morgan fingerprint density at radius 1 is 1.25 bits per heavy atom. The maximum Gasteiger partial charge on any atom is 0.0743 e. The van der Waals surface area contributed by atoms with E-state index in [1.54, 1.807) is 0 Å². The lowest BCUT2D eigenvalue weighted by Gasteiger charge is -2.40. The van der Waals surface area contributed by atoms with Crippen LogP contribution in [0.3, 0.4) is 0 Å². The summed E-state index contributed by atoms with van der Waals surface area (Å²) < 4.78 is 0. The van der Waals surface area contributed by atoms with Crippen molar-refractivity contribution >= 4 is 22.3 Å². The number of nitrogens with two attached hydrogens (primary N) is 1. The number of hydrogen-bond donors (Lipinski definition) is 1. The average Bonchev–Trinajstić information content (AvgIpc) is 2.47. The molecule has 1 aromatic carbocycles. The molecule has 106 valence electrons. The Morgan fingerprint density at radius 3 is 2.70 bits per heavy atom. The third-order valence-corrected chi connectivity index (χ3v) is 4.91. The van der Waals surface area contributed by atoms with Crippen LogP contribution in [0.4, 0.5) is 11.4 Å². The molecule has 1 saturated heterocycles. The fourth-order valence-electron chi connectivity index (χ4n) is 3.07. The molecule has 0 saturated carbocycles. The quantitative estimate of drug-likeness (QED) is 0.842. The summed E-state index contributed by atoms with van der Waals surface area (Å²) in [6.07, 6.45) is 5.70. The van der Waals surface area contributed by atoms with E-state index in [9.17, 15) is 0 Å². The smallest absolute Gasteiger partial charge is 0.0743 e. The fourth-order valence-corrected chi connectivity index (χ4v) is 3.07. The Morgan fingerprint density at radius 2 is 2.00 bits per heavy atom. The minimum atomic E-state index is 0.518. The molecule has 0 unspecified atom stereocenters. The van der Waals surface area contributed by atoms with E-state index < -0.39 is 0 Å². The number of aromatic nitrogens is 1. The van der Waals surface area contributed by atoms with Gasteiger partial charge in [0, 0.05) is 36.0 Å². The first-order chi connectivity index (χ1) is 9.61. The molecule has 1 aromatic heterocycles. The highest BCUT2D eigenvalue weighted by Crippen LogP contribution is 2.37. The maximum absolute atomic E-state index is 5.85. The first kappa shape index (κ1) is 13.2. The molecule has 1 fully saturated rings. The number of nitrogens with zero attached hydrogens (tertiary/aromatic N) is 2. The number of piperidine rings is 1. The monoisotopic (exact) mass is 269 g/mol. The van der Waals surface area contributed by atoms with Crippen molar-refractivity contribution in [2.45, 2.75) is 33.1 Å². The van der Waals surface area contributed by atoms with Gasteiger partial charge in [0.2, 0.25) is 0 Å². The predicted octanol–water partition coefficient (Wildman–Crippen LogP) is 3.83. The Balaban J connectivity index is 1.92. The van der Waals surface area contributed by atoms with Crippen molar-refractivity contribution in [3.8, 4) is 0 Å². The van der Waals surface area contributed by atoms with Crippen LogP contribution >= 0.6 is 0 Å². The Hall–Kier alpha value is -1.77. The minimum Gasteiger partial charge on any atom is -0.399 e. The molecule has 3 nitrogen and oxygen atoms in total. The predicted molar refractivity (Wildman–Crippen MR) is 86.0 cm³/mol. The first-order valence-electron chi connectivity index (χ1n) is 7.50. The van der Waals surface area contributed by atoms with Crippen molar-refractivity contribution in [3.05, 3.63) is 30.5 Å². The molecule has 0 spiro atoms. The molecule has 3 rings (SSSR count). The van der Waals surface area contributed by atoms with Crippen LogP contribution in [0.2, 0.25) is 0 Å². The first-order valence-corrected chi connectivity index (χ1v) is 7.50. The van der Waals surface area contributed by atoms with E-state index in [1.165, 1.54) is 30.3 Å². The van der Waals surface area contributed by atoms with Crippen LogP contribution in [-0.4, -0.2) is 18.1 Å². The van der Waals surface area contributed by atoms with E-state index in [0.29, 0.717) is 5.41 Å². The maximum atomic E-state index is 5.85. The standard InChI is InChI=1S/C17H23N3/c1-3-17(2)7-10-20(11-8-17)16-6-9-19-15-12-13(18)4-5-14(15)16/h4-6,9,12H,3,7-8,10-11,18H2,1-2H3. The van der Waals surface area contributed by atoms with E-state index >= 15 is 0 Å². The Labute approximate surface area is 120 Å². The second-order valence-corrected chi connectivity index (χ2v) is 6.26. The largest absolute Gasteiger partial charge is 0.399 e. The molecule has 0 bridgehead atoms. The normalized spacial score (nSPS) is 18.4. The summed E-state index contributed by atoms with van der Waals surface area (Å²) in [7, 11) is 0. The molecule has 3 heteroatoms. The fraction of sp³-hybridized carbons (Fsp3) is 0.471. The molecular weight excluding hydrogens is 246 g/mol. The van der Waals surface area contributed by atoms with Crippen molar-refractivity contribution in [2.75, 3.05) is 23.7 Å². The van der Waals surface area contributed by atoms with Crippen LogP contribution in [0, 0.1) is 5.41 Å². The molecule has 1 aliphatic heterocycles. The highest BCUT2D eigenvalue weighted by atomic mass is 15.1. The summed E-state index contributed by atoms with van der Waals surface area (Å²) in [5.74, 6) is 0. The van der Waals surface area contributed by atoms with Gasteiger partial charge < -0.3 is 10.6 Å². The van der Waals surface area contributed by atoms with Gasteiger partial charge in [0.1, 0.15) is 0 Å². The second kappa shape index (κ2) is 4.97. The zero-order valence-corrected chi connectivity index (χ0v) is 12.4. The lowest BCUT2D eigenvalue weighted by atomic mass is 9.78. The topological polar surface area (TPSA) is 42.2 Å². The van der Waals surface area contributed by atoms with Crippen LogP contribution in [0.25, 0.3) is 10.9 Å². The van der Waals surface area contributed by atoms with Gasteiger partial charge in [-0.1, -0.05) is 20.3 Å². The van der Waals surface area contributed by atoms with Gasteiger partial charge in [0.05, 0.1) is 5.52 Å². The van der Waals surface area contributed by atoms with Gasteiger partial charge >= 0.3 is 0 Å². The minimum absolute atomic E-state index is 0.518. The van der Waals surface area contributed by atoms with E-state index in [2.05, 4.69) is 35.9 Å². The number of pyridine rings is 1. The molecule has 0 aliphatic carbocycles. The highest BCUT2D eigenvalue weighted by Gasteiger charge is 2.28. The third-order valence-electron chi connectivity index (χ3n) is 4.91. The summed E-state index contributed by atoms with van der Waals surface area (Å²) >= 11 is 0. The van der Waals surface area contributed by atoms with E-state index in [-0.39, 0.29) is 0 Å². The van der Waals surface area contributed by atoms with E-state index in [4.69, 9.17) is 5.73 Å². The highest BCUT2D eigenvalue weighted by molar-refractivity contribution is 5.93. The van der Waals surface area contributed by atoms with Crippen molar-refractivity contribution in [2.24, 2.45) is 5.41 Å². The molecule has 0 radical (unpaired) electrons. The summed E-state index contributed by atoms with van der Waals surface area (Å²) in [5, 5.41) is 1.21. The molecule has 2 heterocycles.